The zero-order chi connectivity index (χ0) is 31.5. The van der Waals surface area contributed by atoms with E-state index in [1.807, 2.05) is 56.3 Å². The molecule has 4 bridgehead atoms. The van der Waals surface area contributed by atoms with Crippen molar-refractivity contribution in [1.29, 1.82) is 0 Å². The molecule has 2 atom stereocenters. The first-order valence-electron chi connectivity index (χ1n) is 15.3. The van der Waals surface area contributed by atoms with Gasteiger partial charge in [-0.05, 0) is 67.8 Å². The van der Waals surface area contributed by atoms with Crippen molar-refractivity contribution in [2.24, 2.45) is 0 Å². The smallest absolute Gasteiger partial charge is 0.257 e. The number of carbonyl (C=O) groups is 3. The molecule has 0 aliphatic carbocycles. The van der Waals surface area contributed by atoms with Crippen LogP contribution < -0.4 is 14.8 Å². The average Bonchev–Trinajstić information content (AvgIpc) is 3.43. The Morgan fingerprint density at radius 1 is 1.07 bits per heavy atom. The van der Waals surface area contributed by atoms with Gasteiger partial charge in [-0.25, -0.2) is 0 Å². The molecule has 4 aromatic rings. The van der Waals surface area contributed by atoms with Crippen LogP contribution in [0.5, 0.6) is 17.2 Å². The summed E-state index contributed by atoms with van der Waals surface area (Å²) in [5.41, 5.74) is 2.30. The molecule has 1 N–H and O–H groups in total. The van der Waals surface area contributed by atoms with E-state index in [1.54, 1.807) is 36.3 Å². The van der Waals surface area contributed by atoms with Gasteiger partial charge >= 0.3 is 0 Å². The maximum absolute atomic E-state index is 13.8. The number of piperidine rings is 1. The Bertz CT molecular complexity index is 1730. The maximum atomic E-state index is 13.8. The number of ether oxygens (including phenoxy) is 3. The summed E-state index contributed by atoms with van der Waals surface area (Å²) in [6.45, 7) is 5.05. The van der Waals surface area contributed by atoms with E-state index in [0.717, 1.165) is 16.7 Å². The molecule has 0 spiro atoms. The highest BCUT2D eigenvalue weighted by Gasteiger charge is 2.35. The number of furan rings is 1. The topological polar surface area (TPSA) is 111 Å². The van der Waals surface area contributed by atoms with Gasteiger partial charge < -0.3 is 33.7 Å². The fourth-order valence-corrected chi connectivity index (χ4v) is 6.01. The first-order valence-corrected chi connectivity index (χ1v) is 15.3. The number of methoxy groups -OCH3 is 1. The zero-order valence-electron chi connectivity index (χ0n) is 25.7. The Morgan fingerprint density at radius 3 is 2.73 bits per heavy atom. The quantitative estimate of drug-likeness (QED) is 0.332. The number of fused-ring (bicyclic) bond motifs is 6. The fraction of sp³-hybridized carbons (Fsp3) is 0.343. The molecule has 0 saturated carbocycles. The molecule has 3 amide bonds. The lowest BCUT2D eigenvalue weighted by Gasteiger charge is -2.39. The molecular weight excluding hydrogens is 574 g/mol. The van der Waals surface area contributed by atoms with Crippen LogP contribution in [0.15, 0.2) is 71.1 Å². The summed E-state index contributed by atoms with van der Waals surface area (Å²) in [5, 5.41) is 3.99. The lowest BCUT2D eigenvalue weighted by atomic mass is 10.00. The molecule has 10 heteroatoms. The molecule has 2 aliphatic rings. The van der Waals surface area contributed by atoms with E-state index in [9.17, 15) is 14.4 Å². The van der Waals surface area contributed by atoms with Crippen molar-refractivity contribution in [3.05, 3.63) is 89.2 Å². The zero-order valence-corrected chi connectivity index (χ0v) is 25.7. The van der Waals surface area contributed by atoms with Gasteiger partial charge in [0, 0.05) is 30.6 Å². The lowest BCUT2D eigenvalue weighted by molar-refractivity contribution is -0.124. The van der Waals surface area contributed by atoms with E-state index in [0.29, 0.717) is 59.9 Å². The van der Waals surface area contributed by atoms with Crippen LogP contribution in [0.1, 0.15) is 51.8 Å². The molecular formula is C35H37N3O7. The monoisotopic (exact) mass is 611 g/mol. The number of benzene rings is 3. The molecule has 45 heavy (non-hydrogen) atoms. The molecule has 234 valence electrons. The van der Waals surface area contributed by atoms with Crippen LogP contribution in [-0.2, 0) is 16.1 Å². The van der Waals surface area contributed by atoms with Crippen molar-refractivity contribution in [3.8, 4) is 17.2 Å². The lowest BCUT2D eigenvalue weighted by Crippen LogP contribution is -2.57. The summed E-state index contributed by atoms with van der Waals surface area (Å²) in [6.07, 6.45) is 0.673. The van der Waals surface area contributed by atoms with Gasteiger partial charge in [-0.3, -0.25) is 14.4 Å². The third-order valence-electron chi connectivity index (χ3n) is 8.21. The average molecular weight is 612 g/mol. The van der Waals surface area contributed by atoms with Crippen LogP contribution >= 0.6 is 0 Å². The van der Waals surface area contributed by atoms with Gasteiger partial charge in [0.25, 0.3) is 11.8 Å². The number of para-hydroxylation sites is 1. The highest BCUT2D eigenvalue weighted by Crippen LogP contribution is 2.34. The third-order valence-corrected chi connectivity index (χ3v) is 8.21. The number of amides is 3. The number of hydrogen-bond donors (Lipinski definition) is 1. The number of nitrogens with one attached hydrogen (secondary N) is 1. The largest absolute Gasteiger partial charge is 0.493 e. The second kappa shape index (κ2) is 13.0. The van der Waals surface area contributed by atoms with Gasteiger partial charge in [0.05, 0.1) is 38.0 Å². The molecule has 2 aliphatic heterocycles. The van der Waals surface area contributed by atoms with E-state index in [4.69, 9.17) is 18.6 Å². The van der Waals surface area contributed by atoms with Crippen LogP contribution in [-0.4, -0.2) is 73.0 Å². The molecule has 1 fully saturated rings. The van der Waals surface area contributed by atoms with Gasteiger partial charge in [-0.2, -0.15) is 0 Å². The standard InChI is InChI=1S/C35H37N3O7/c1-4-14-37-20-32(39)36-28-13-15-38(35(41)27-10-6-8-24-16-22(2)44-33(24)27)19-31(28)43-21-23-7-5-9-26(17-23)45-30-18-25(34(37)40)11-12-29(30)42-3/h5-12,16-18,28,31H,4,13-15,19-21H2,1-3H3,(H,36,39)/t28-,31-/m0/s1. The first-order chi connectivity index (χ1) is 21.8. The van der Waals surface area contributed by atoms with Crippen LogP contribution in [0.4, 0.5) is 0 Å². The van der Waals surface area contributed by atoms with Crippen molar-refractivity contribution in [3.63, 3.8) is 0 Å². The van der Waals surface area contributed by atoms with E-state index >= 15 is 0 Å². The Labute approximate surface area is 261 Å². The summed E-state index contributed by atoms with van der Waals surface area (Å²) < 4.78 is 24.0. The Morgan fingerprint density at radius 2 is 1.91 bits per heavy atom. The van der Waals surface area contributed by atoms with Crippen molar-refractivity contribution < 1.29 is 33.0 Å². The highest BCUT2D eigenvalue weighted by molar-refractivity contribution is 6.05. The fourth-order valence-electron chi connectivity index (χ4n) is 6.01. The van der Waals surface area contributed by atoms with E-state index in [2.05, 4.69) is 5.32 Å². The van der Waals surface area contributed by atoms with Crippen molar-refractivity contribution in [2.45, 2.75) is 45.4 Å². The Balaban J connectivity index is 1.30. The number of likely N-dealkylation sites (tertiary alicyclic amines) is 1. The predicted octanol–water partition coefficient (Wildman–Crippen LogP) is 5.32. The van der Waals surface area contributed by atoms with Crippen LogP contribution in [0.3, 0.4) is 0 Å². The van der Waals surface area contributed by atoms with Gasteiger partial charge in [-0.1, -0.05) is 31.2 Å². The maximum Gasteiger partial charge on any atom is 0.257 e. The van der Waals surface area contributed by atoms with Crippen molar-refractivity contribution >= 4 is 28.7 Å². The molecule has 0 unspecified atom stereocenters. The van der Waals surface area contributed by atoms with Crippen LogP contribution in [0, 0.1) is 6.92 Å². The SMILES string of the molecule is CCCN1CC(=O)N[C@H]2CCN(C(=O)c3cccc4cc(C)oc34)C[C@@H]2OCc2cccc(c2)Oc2cc(ccc2OC)C1=O. The number of nitrogens with zero attached hydrogens (tertiary/aromatic N) is 2. The molecule has 1 aromatic heterocycles. The normalized spacial score (nSPS) is 19.1. The van der Waals surface area contributed by atoms with Gasteiger partial charge in [0.15, 0.2) is 11.5 Å². The molecule has 1 saturated heterocycles. The highest BCUT2D eigenvalue weighted by atomic mass is 16.5. The Kier molecular flexibility index (Phi) is 8.75. The minimum Gasteiger partial charge on any atom is -0.493 e. The van der Waals surface area contributed by atoms with E-state index < -0.39 is 6.10 Å². The minimum absolute atomic E-state index is 0.111. The summed E-state index contributed by atoms with van der Waals surface area (Å²) in [5.74, 6) is 1.44. The predicted molar refractivity (Wildman–Crippen MR) is 168 cm³/mol. The summed E-state index contributed by atoms with van der Waals surface area (Å²) in [6, 6.07) is 19.6. The summed E-state index contributed by atoms with van der Waals surface area (Å²) in [4.78, 5) is 44.1. The molecule has 6 rings (SSSR count). The summed E-state index contributed by atoms with van der Waals surface area (Å²) >= 11 is 0. The second-order valence-electron chi connectivity index (χ2n) is 11.5. The van der Waals surface area contributed by atoms with Gasteiger partial charge in [0.1, 0.15) is 17.1 Å². The molecule has 0 radical (unpaired) electrons. The number of hydrogen-bond acceptors (Lipinski definition) is 7. The minimum atomic E-state index is -0.496. The van der Waals surface area contributed by atoms with E-state index in [1.165, 1.54) is 4.90 Å². The molecule has 3 heterocycles. The number of carbonyl (C=O) groups excluding carboxylic acids is 3. The second-order valence-corrected chi connectivity index (χ2v) is 11.5. The van der Waals surface area contributed by atoms with Gasteiger partial charge in [-0.15, -0.1) is 0 Å². The van der Waals surface area contributed by atoms with Crippen molar-refractivity contribution in [2.75, 3.05) is 33.3 Å². The molecule has 3 aromatic carbocycles. The van der Waals surface area contributed by atoms with Crippen LogP contribution in [0.2, 0.25) is 0 Å². The van der Waals surface area contributed by atoms with Gasteiger partial charge in [0.2, 0.25) is 5.91 Å². The first kappa shape index (κ1) is 30.2. The number of rotatable bonds is 4. The third kappa shape index (κ3) is 6.51. The van der Waals surface area contributed by atoms with Crippen molar-refractivity contribution in [1.82, 2.24) is 15.1 Å². The van der Waals surface area contributed by atoms with E-state index in [-0.39, 0.29) is 43.5 Å². The molecule has 10 nitrogen and oxygen atoms in total. The summed E-state index contributed by atoms with van der Waals surface area (Å²) in [7, 11) is 1.54. The number of aryl methyl sites for hydroxylation is 1. The van der Waals surface area contributed by atoms with Crippen LogP contribution in [0.25, 0.3) is 11.0 Å². The Hall–Kier alpha value is -4.83.